The smallest absolute Gasteiger partial charge is 0.206 e. The maximum Gasteiger partial charge on any atom is 0.206 e. The third kappa shape index (κ3) is 4.42. The summed E-state index contributed by atoms with van der Waals surface area (Å²) in [4.78, 5) is 11.6. The Hall–Kier alpha value is -0.160. The maximum absolute atomic E-state index is 5.79. The molecule has 4 heteroatoms. The van der Waals surface area contributed by atoms with Crippen molar-refractivity contribution in [3.63, 3.8) is 0 Å². The molecule has 0 unspecified atom stereocenters. The van der Waals surface area contributed by atoms with Gasteiger partial charge >= 0.3 is 0 Å². The lowest BCUT2D eigenvalue weighted by Crippen LogP contribution is -2.54. The summed E-state index contributed by atoms with van der Waals surface area (Å²) in [6.07, 6.45) is 7.26. The second kappa shape index (κ2) is 8.32. The van der Waals surface area contributed by atoms with E-state index in [1.807, 2.05) is 0 Å². The average molecular weight is 288 g/mol. The lowest BCUT2D eigenvalue weighted by molar-refractivity contribution is -0.505. The highest BCUT2D eigenvalue weighted by Crippen LogP contribution is 2.43. The molecule has 0 N–H and O–H groups in total. The molecule has 4 nitrogen and oxygen atoms in total. The van der Waals surface area contributed by atoms with Gasteiger partial charge in [0.15, 0.2) is 0 Å². The summed E-state index contributed by atoms with van der Waals surface area (Å²) < 4.78 is 11.1. The van der Waals surface area contributed by atoms with Gasteiger partial charge in [-0.25, -0.2) is 9.78 Å². The topological polar surface area (TPSA) is 36.9 Å². The zero-order chi connectivity index (χ0) is 15.1. The summed E-state index contributed by atoms with van der Waals surface area (Å²) in [5, 5.41) is 0. The SMILES string of the molecule is CCCC[C@]1(C)C[C@H](COC)[C@@](CCCC)(OC)OO1. The predicted octanol–water partition coefficient (Wildman–Crippen LogP) is 4.08. The number of hydrogen-bond donors (Lipinski definition) is 0. The van der Waals surface area contributed by atoms with Crippen molar-refractivity contribution in [2.45, 2.75) is 77.1 Å². The first-order valence-corrected chi connectivity index (χ1v) is 7.96. The fourth-order valence-electron chi connectivity index (χ4n) is 3.00. The summed E-state index contributed by atoms with van der Waals surface area (Å²) >= 11 is 0. The van der Waals surface area contributed by atoms with Crippen LogP contribution in [-0.4, -0.2) is 32.2 Å². The first-order chi connectivity index (χ1) is 9.55. The molecule has 120 valence electrons. The van der Waals surface area contributed by atoms with Crippen molar-refractivity contribution in [2.24, 2.45) is 5.92 Å². The molecule has 1 aliphatic rings. The lowest BCUT2D eigenvalue weighted by atomic mass is 9.81. The largest absolute Gasteiger partial charge is 0.384 e. The number of methoxy groups -OCH3 is 2. The normalized spacial score (nSPS) is 34.4. The first kappa shape index (κ1) is 17.9. The molecule has 0 aromatic heterocycles. The Balaban J connectivity index is 2.77. The van der Waals surface area contributed by atoms with Crippen LogP contribution in [0, 0.1) is 5.92 Å². The van der Waals surface area contributed by atoms with Gasteiger partial charge in [0.1, 0.15) is 5.60 Å². The summed E-state index contributed by atoms with van der Waals surface area (Å²) in [6.45, 7) is 7.14. The minimum Gasteiger partial charge on any atom is -0.384 e. The molecule has 3 atom stereocenters. The van der Waals surface area contributed by atoms with E-state index in [-0.39, 0.29) is 11.5 Å². The van der Waals surface area contributed by atoms with E-state index in [0.29, 0.717) is 6.61 Å². The predicted molar refractivity (Wildman–Crippen MR) is 79.3 cm³/mol. The van der Waals surface area contributed by atoms with Gasteiger partial charge in [-0.2, -0.15) is 0 Å². The molecule has 1 heterocycles. The highest BCUT2D eigenvalue weighted by atomic mass is 17.2. The van der Waals surface area contributed by atoms with E-state index in [1.165, 1.54) is 6.42 Å². The summed E-state index contributed by atoms with van der Waals surface area (Å²) in [5.41, 5.74) is -0.229. The van der Waals surface area contributed by atoms with Crippen LogP contribution in [-0.2, 0) is 19.2 Å². The van der Waals surface area contributed by atoms with Gasteiger partial charge in [0.25, 0.3) is 0 Å². The molecule has 1 fully saturated rings. The summed E-state index contributed by atoms with van der Waals surface area (Å²) in [5.74, 6) is -0.447. The van der Waals surface area contributed by atoms with Gasteiger partial charge in [-0.3, -0.25) is 0 Å². The summed E-state index contributed by atoms with van der Waals surface area (Å²) in [6, 6.07) is 0. The van der Waals surface area contributed by atoms with Crippen molar-refractivity contribution in [3.8, 4) is 0 Å². The maximum atomic E-state index is 5.79. The van der Waals surface area contributed by atoms with Crippen LogP contribution in [0.5, 0.6) is 0 Å². The van der Waals surface area contributed by atoms with Gasteiger partial charge in [0, 0.05) is 26.6 Å². The van der Waals surface area contributed by atoms with Crippen LogP contribution in [0.1, 0.15) is 65.7 Å². The first-order valence-electron chi connectivity index (χ1n) is 7.96. The second-order valence-corrected chi connectivity index (χ2v) is 6.20. The molecule has 0 aliphatic carbocycles. The molecule has 0 saturated carbocycles. The van der Waals surface area contributed by atoms with Gasteiger partial charge in [0.05, 0.1) is 6.61 Å². The molecule has 0 amide bonds. The molecular weight excluding hydrogens is 256 g/mol. The zero-order valence-corrected chi connectivity index (χ0v) is 13.9. The molecular formula is C16H32O4. The Kier molecular flexibility index (Phi) is 7.45. The lowest BCUT2D eigenvalue weighted by Gasteiger charge is -2.47. The Labute approximate surface area is 124 Å². The van der Waals surface area contributed by atoms with Gasteiger partial charge in [0.2, 0.25) is 5.79 Å². The van der Waals surface area contributed by atoms with Crippen molar-refractivity contribution in [3.05, 3.63) is 0 Å². The van der Waals surface area contributed by atoms with Crippen molar-refractivity contribution < 1.29 is 19.2 Å². The standard InChI is InChI=1S/C16H32O4/c1-6-8-10-15(3)12-14(13-17-4)16(18-5,20-19-15)11-9-7-2/h14H,6-13H2,1-5H3/t14-,15-,16+/m1/s1. The number of rotatable bonds is 9. The Morgan fingerprint density at radius 3 is 2.25 bits per heavy atom. The van der Waals surface area contributed by atoms with Crippen LogP contribution >= 0.6 is 0 Å². The average Bonchev–Trinajstić information content (AvgIpc) is 2.46. The zero-order valence-electron chi connectivity index (χ0n) is 13.9. The van der Waals surface area contributed by atoms with Crippen LogP contribution in [0.3, 0.4) is 0 Å². The molecule has 20 heavy (non-hydrogen) atoms. The van der Waals surface area contributed by atoms with Crippen molar-refractivity contribution >= 4 is 0 Å². The molecule has 1 rings (SSSR count). The van der Waals surface area contributed by atoms with E-state index in [9.17, 15) is 0 Å². The monoisotopic (exact) mass is 288 g/mol. The van der Waals surface area contributed by atoms with Crippen LogP contribution < -0.4 is 0 Å². The van der Waals surface area contributed by atoms with E-state index >= 15 is 0 Å². The number of ether oxygens (including phenoxy) is 2. The van der Waals surface area contributed by atoms with Gasteiger partial charge in [-0.05, 0) is 26.2 Å². The minimum atomic E-state index is -0.655. The quantitative estimate of drug-likeness (QED) is 0.599. The van der Waals surface area contributed by atoms with Crippen molar-refractivity contribution in [1.29, 1.82) is 0 Å². The molecule has 0 bridgehead atoms. The van der Waals surface area contributed by atoms with Crippen molar-refractivity contribution in [2.75, 3.05) is 20.8 Å². The highest BCUT2D eigenvalue weighted by Gasteiger charge is 2.50. The Morgan fingerprint density at radius 2 is 1.70 bits per heavy atom. The van der Waals surface area contributed by atoms with Gasteiger partial charge < -0.3 is 9.47 Å². The van der Waals surface area contributed by atoms with Gasteiger partial charge in [-0.1, -0.05) is 33.1 Å². The third-order valence-corrected chi connectivity index (χ3v) is 4.34. The van der Waals surface area contributed by atoms with Crippen molar-refractivity contribution in [1.82, 2.24) is 0 Å². The van der Waals surface area contributed by atoms with Crippen LogP contribution in [0.2, 0.25) is 0 Å². The summed E-state index contributed by atoms with van der Waals surface area (Å²) in [7, 11) is 3.44. The molecule has 1 aliphatic heterocycles. The van der Waals surface area contributed by atoms with Crippen LogP contribution in [0.15, 0.2) is 0 Å². The molecule has 0 aromatic carbocycles. The molecule has 0 radical (unpaired) electrons. The van der Waals surface area contributed by atoms with E-state index < -0.39 is 5.79 Å². The Bertz CT molecular complexity index is 271. The van der Waals surface area contributed by atoms with E-state index in [4.69, 9.17) is 19.2 Å². The van der Waals surface area contributed by atoms with Crippen LogP contribution in [0.4, 0.5) is 0 Å². The van der Waals surface area contributed by atoms with E-state index in [1.54, 1.807) is 14.2 Å². The fraction of sp³-hybridized carbons (Fsp3) is 1.00. The van der Waals surface area contributed by atoms with E-state index in [2.05, 4.69) is 20.8 Å². The highest BCUT2D eigenvalue weighted by molar-refractivity contribution is 4.89. The third-order valence-electron chi connectivity index (χ3n) is 4.34. The Morgan fingerprint density at radius 1 is 1.05 bits per heavy atom. The second-order valence-electron chi connectivity index (χ2n) is 6.20. The number of hydrogen-bond acceptors (Lipinski definition) is 4. The fourth-order valence-corrected chi connectivity index (χ4v) is 3.00. The number of unbranched alkanes of at least 4 members (excludes halogenated alkanes) is 2. The minimum absolute atomic E-state index is 0.208. The van der Waals surface area contributed by atoms with Crippen LogP contribution in [0.25, 0.3) is 0 Å². The molecule has 1 saturated heterocycles. The van der Waals surface area contributed by atoms with E-state index in [0.717, 1.165) is 38.5 Å². The molecule has 0 aromatic rings. The molecule has 0 spiro atoms. The van der Waals surface area contributed by atoms with Gasteiger partial charge in [-0.15, -0.1) is 0 Å².